The van der Waals surface area contributed by atoms with Crippen LogP contribution >= 0.6 is 23.2 Å². The van der Waals surface area contributed by atoms with Crippen molar-refractivity contribution in [1.82, 2.24) is 0 Å². The van der Waals surface area contributed by atoms with E-state index in [9.17, 15) is 0 Å². The molecule has 1 aliphatic heterocycles. The molecule has 1 atom stereocenters. The van der Waals surface area contributed by atoms with Gasteiger partial charge in [0.2, 0.25) is 0 Å². The van der Waals surface area contributed by atoms with Gasteiger partial charge < -0.3 is 9.64 Å². The molecule has 4 heteroatoms. The second kappa shape index (κ2) is 5.28. The van der Waals surface area contributed by atoms with E-state index in [4.69, 9.17) is 27.9 Å². The van der Waals surface area contributed by atoms with Crippen LogP contribution in [0.3, 0.4) is 0 Å². The van der Waals surface area contributed by atoms with Gasteiger partial charge in [-0.15, -0.1) is 11.6 Å². The Labute approximate surface area is 119 Å². The van der Waals surface area contributed by atoms with Crippen LogP contribution in [0.1, 0.15) is 26.3 Å². The molecule has 0 N–H and O–H groups in total. The molecular weight excluding hydrogens is 269 g/mol. The lowest BCUT2D eigenvalue weighted by molar-refractivity contribution is -0.0750. The second-order valence-corrected chi connectivity index (χ2v) is 6.11. The maximum atomic E-state index is 6.21. The van der Waals surface area contributed by atoms with E-state index in [1.165, 1.54) is 0 Å². The van der Waals surface area contributed by atoms with Gasteiger partial charge in [-0.05, 0) is 32.9 Å². The predicted octanol–water partition coefficient (Wildman–Crippen LogP) is 4.08. The van der Waals surface area contributed by atoms with Gasteiger partial charge in [-0.2, -0.15) is 0 Å². The molecule has 2 rings (SSSR count). The van der Waals surface area contributed by atoms with Gasteiger partial charge in [-0.25, -0.2) is 0 Å². The van der Waals surface area contributed by atoms with Gasteiger partial charge in [-0.1, -0.05) is 17.7 Å². The summed E-state index contributed by atoms with van der Waals surface area (Å²) >= 11 is 12.2. The van der Waals surface area contributed by atoms with Crippen molar-refractivity contribution in [3.63, 3.8) is 0 Å². The van der Waals surface area contributed by atoms with Gasteiger partial charge in [0.25, 0.3) is 0 Å². The Hall–Kier alpha value is -0.440. The SMILES string of the molecule is CC1CN(c2cccc(Cl)c2CCl)CC(C)(C)O1. The van der Waals surface area contributed by atoms with Crippen LogP contribution in [0.15, 0.2) is 18.2 Å². The van der Waals surface area contributed by atoms with Crippen molar-refractivity contribution in [2.24, 2.45) is 0 Å². The molecule has 1 aliphatic rings. The highest BCUT2D eigenvalue weighted by Crippen LogP contribution is 2.32. The van der Waals surface area contributed by atoms with Crippen molar-refractivity contribution in [3.8, 4) is 0 Å². The standard InChI is InChI=1S/C14H19Cl2NO/c1-10-8-17(9-14(2,3)18-10)13-6-4-5-12(16)11(13)7-15/h4-6,10H,7-9H2,1-3H3. The molecule has 1 fully saturated rings. The van der Waals surface area contributed by atoms with E-state index in [-0.39, 0.29) is 11.7 Å². The molecule has 1 unspecified atom stereocenters. The minimum absolute atomic E-state index is 0.149. The number of benzene rings is 1. The van der Waals surface area contributed by atoms with Crippen molar-refractivity contribution >= 4 is 28.9 Å². The summed E-state index contributed by atoms with van der Waals surface area (Å²) in [7, 11) is 0. The zero-order valence-corrected chi connectivity index (χ0v) is 12.6. The lowest BCUT2D eigenvalue weighted by atomic mass is 10.0. The molecule has 1 saturated heterocycles. The Kier molecular flexibility index (Phi) is 4.10. The highest BCUT2D eigenvalue weighted by atomic mass is 35.5. The highest BCUT2D eigenvalue weighted by Gasteiger charge is 2.32. The van der Waals surface area contributed by atoms with Crippen LogP contribution in [0.2, 0.25) is 5.02 Å². The van der Waals surface area contributed by atoms with Crippen molar-refractivity contribution in [2.45, 2.75) is 38.4 Å². The topological polar surface area (TPSA) is 12.5 Å². The fourth-order valence-electron chi connectivity index (χ4n) is 2.61. The van der Waals surface area contributed by atoms with E-state index >= 15 is 0 Å². The molecule has 0 aromatic heterocycles. The van der Waals surface area contributed by atoms with E-state index in [1.54, 1.807) is 0 Å². The molecule has 0 spiro atoms. The predicted molar refractivity (Wildman–Crippen MR) is 77.8 cm³/mol. The van der Waals surface area contributed by atoms with E-state index < -0.39 is 0 Å². The average molecular weight is 288 g/mol. The molecule has 1 heterocycles. The Morgan fingerprint density at radius 2 is 2.17 bits per heavy atom. The summed E-state index contributed by atoms with van der Waals surface area (Å²) in [5.41, 5.74) is 1.98. The number of morpholine rings is 1. The van der Waals surface area contributed by atoms with Crippen molar-refractivity contribution in [1.29, 1.82) is 0 Å². The third-order valence-electron chi connectivity index (χ3n) is 3.14. The number of alkyl halides is 1. The van der Waals surface area contributed by atoms with E-state index in [2.05, 4.69) is 31.7 Å². The van der Waals surface area contributed by atoms with Crippen LogP contribution in [-0.2, 0) is 10.6 Å². The largest absolute Gasteiger partial charge is 0.369 e. The Morgan fingerprint density at radius 1 is 1.44 bits per heavy atom. The number of nitrogens with zero attached hydrogens (tertiary/aromatic N) is 1. The van der Waals surface area contributed by atoms with Gasteiger partial charge in [-0.3, -0.25) is 0 Å². The number of rotatable bonds is 2. The monoisotopic (exact) mass is 287 g/mol. The fourth-order valence-corrected chi connectivity index (χ4v) is 3.20. The number of hydrogen-bond acceptors (Lipinski definition) is 2. The fraction of sp³-hybridized carbons (Fsp3) is 0.571. The summed E-state index contributed by atoms with van der Waals surface area (Å²) in [5.74, 6) is 0.432. The zero-order chi connectivity index (χ0) is 13.3. The summed E-state index contributed by atoms with van der Waals surface area (Å²) in [5, 5.41) is 0.736. The first-order valence-corrected chi connectivity index (χ1v) is 7.10. The van der Waals surface area contributed by atoms with Gasteiger partial charge >= 0.3 is 0 Å². The summed E-state index contributed by atoms with van der Waals surface area (Å²) in [6, 6.07) is 5.94. The number of anilines is 1. The molecule has 2 nitrogen and oxygen atoms in total. The van der Waals surface area contributed by atoms with Crippen LogP contribution < -0.4 is 4.90 Å². The Morgan fingerprint density at radius 3 is 2.78 bits per heavy atom. The van der Waals surface area contributed by atoms with Crippen LogP contribution in [0.5, 0.6) is 0 Å². The van der Waals surface area contributed by atoms with Crippen molar-refractivity contribution in [3.05, 3.63) is 28.8 Å². The number of ether oxygens (including phenoxy) is 1. The van der Waals surface area contributed by atoms with E-state index in [0.717, 1.165) is 29.4 Å². The average Bonchev–Trinajstić information content (AvgIpc) is 2.25. The molecule has 0 aliphatic carbocycles. The third-order valence-corrected chi connectivity index (χ3v) is 3.76. The van der Waals surface area contributed by atoms with Gasteiger partial charge in [0.05, 0.1) is 17.6 Å². The Bertz CT molecular complexity index is 434. The normalized spacial score (nSPS) is 23.2. The third kappa shape index (κ3) is 2.93. The summed E-state index contributed by atoms with van der Waals surface area (Å²) in [6.07, 6.45) is 0.205. The zero-order valence-electron chi connectivity index (χ0n) is 11.0. The lowest BCUT2D eigenvalue weighted by Gasteiger charge is -2.43. The maximum absolute atomic E-state index is 6.21. The van der Waals surface area contributed by atoms with Crippen LogP contribution in [0.25, 0.3) is 0 Å². The highest BCUT2D eigenvalue weighted by molar-refractivity contribution is 6.32. The smallest absolute Gasteiger partial charge is 0.0805 e. The van der Waals surface area contributed by atoms with Crippen molar-refractivity contribution < 1.29 is 4.74 Å². The first-order chi connectivity index (χ1) is 8.43. The molecule has 0 bridgehead atoms. The lowest BCUT2D eigenvalue weighted by Crippen LogP contribution is -2.52. The summed E-state index contributed by atoms with van der Waals surface area (Å²) in [6.45, 7) is 8.04. The first-order valence-electron chi connectivity index (χ1n) is 6.19. The van der Waals surface area contributed by atoms with Gasteiger partial charge in [0, 0.05) is 29.4 Å². The number of hydrogen-bond donors (Lipinski definition) is 0. The van der Waals surface area contributed by atoms with Crippen molar-refractivity contribution in [2.75, 3.05) is 18.0 Å². The molecule has 0 saturated carbocycles. The molecule has 0 radical (unpaired) electrons. The van der Waals surface area contributed by atoms with Gasteiger partial charge in [0.15, 0.2) is 0 Å². The molecule has 1 aromatic rings. The summed E-state index contributed by atoms with van der Waals surface area (Å²) in [4.78, 5) is 2.32. The van der Waals surface area contributed by atoms with Gasteiger partial charge in [0.1, 0.15) is 0 Å². The summed E-state index contributed by atoms with van der Waals surface area (Å²) < 4.78 is 5.92. The molecule has 0 amide bonds. The molecule has 1 aromatic carbocycles. The molecule has 100 valence electrons. The first kappa shape index (κ1) is 14.0. The maximum Gasteiger partial charge on any atom is 0.0805 e. The molecule has 18 heavy (non-hydrogen) atoms. The van der Waals surface area contributed by atoms with E-state index in [1.807, 2.05) is 12.1 Å². The minimum Gasteiger partial charge on any atom is -0.369 e. The Balaban J connectivity index is 2.34. The van der Waals surface area contributed by atoms with E-state index in [0.29, 0.717) is 5.88 Å². The quantitative estimate of drug-likeness (QED) is 0.760. The number of halogens is 2. The van der Waals surface area contributed by atoms with Crippen LogP contribution in [0.4, 0.5) is 5.69 Å². The van der Waals surface area contributed by atoms with Crippen LogP contribution in [-0.4, -0.2) is 24.8 Å². The second-order valence-electron chi connectivity index (χ2n) is 5.44. The molecular formula is C14H19Cl2NO. The minimum atomic E-state index is -0.149. The van der Waals surface area contributed by atoms with Crippen LogP contribution in [0, 0.1) is 0 Å².